The second kappa shape index (κ2) is 2.79. The fourth-order valence-corrected chi connectivity index (χ4v) is 3.68. The largest absolute Gasteiger partial charge is 0.316 e. The molecule has 1 aromatic rings. The summed E-state index contributed by atoms with van der Waals surface area (Å²) in [5.74, 6) is 1.63. The second-order valence-corrected chi connectivity index (χ2v) is 5.44. The van der Waals surface area contributed by atoms with Gasteiger partial charge in [0.1, 0.15) is 0 Å². The van der Waals surface area contributed by atoms with Crippen molar-refractivity contribution in [1.82, 2.24) is 10.3 Å². The first-order chi connectivity index (χ1) is 6.33. The van der Waals surface area contributed by atoms with E-state index in [1.165, 1.54) is 36.6 Å². The van der Waals surface area contributed by atoms with E-state index in [-0.39, 0.29) is 0 Å². The van der Waals surface area contributed by atoms with E-state index in [1.807, 2.05) is 11.3 Å². The lowest BCUT2D eigenvalue weighted by atomic mass is 9.80. The Hall–Kier alpha value is -0.410. The van der Waals surface area contributed by atoms with Crippen LogP contribution in [0.25, 0.3) is 0 Å². The number of fused-ring (bicyclic) bond motifs is 4. The minimum Gasteiger partial charge on any atom is -0.316 e. The van der Waals surface area contributed by atoms with E-state index in [4.69, 9.17) is 0 Å². The van der Waals surface area contributed by atoms with Crippen molar-refractivity contribution in [2.75, 3.05) is 13.1 Å². The summed E-state index contributed by atoms with van der Waals surface area (Å²) in [5, 5.41) is 4.76. The average Bonchev–Trinajstić information content (AvgIpc) is 2.47. The molecule has 2 unspecified atom stereocenters. The lowest BCUT2D eigenvalue weighted by Gasteiger charge is -2.33. The van der Waals surface area contributed by atoms with Crippen molar-refractivity contribution in [2.45, 2.75) is 25.7 Å². The molecule has 3 heteroatoms. The van der Waals surface area contributed by atoms with Gasteiger partial charge >= 0.3 is 0 Å². The molecule has 13 heavy (non-hydrogen) atoms. The molecule has 1 N–H and O–H groups in total. The highest BCUT2D eigenvalue weighted by Crippen LogP contribution is 2.39. The average molecular weight is 194 g/mol. The molecule has 0 spiro atoms. The Morgan fingerprint density at radius 3 is 3.31 bits per heavy atom. The van der Waals surface area contributed by atoms with Crippen LogP contribution in [0, 0.1) is 12.8 Å². The van der Waals surface area contributed by atoms with Gasteiger partial charge in [-0.1, -0.05) is 0 Å². The smallest absolute Gasteiger partial charge is 0.0900 e. The van der Waals surface area contributed by atoms with E-state index in [9.17, 15) is 0 Å². The number of thiazole rings is 1. The van der Waals surface area contributed by atoms with Crippen molar-refractivity contribution >= 4 is 11.3 Å². The van der Waals surface area contributed by atoms with E-state index in [2.05, 4.69) is 17.2 Å². The Morgan fingerprint density at radius 2 is 2.38 bits per heavy atom. The maximum absolute atomic E-state index is 4.62. The van der Waals surface area contributed by atoms with Gasteiger partial charge in [-0.25, -0.2) is 4.98 Å². The summed E-state index contributed by atoms with van der Waals surface area (Å²) in [4.78, 5) is 6.19. The Morgan fingerprint density at radius 1 is 1.46 bits per heavy atom. The Labute approximate surface area is 82.4 Å². The van der Waals surface area contributed by atoms with Gasteiger partial charge < -0.3 is 5.32 Å². The number of nitrogens with one attached hydrogen (secondary N) is 1. The number of aryl methyl sites for hydroxylation is 1. The third-order valence-corrected chi connectivity index (χ3v) is 4.30. The van der Waals surface area contributed by atoms with E-state index < -0.39 is 0 Å². The maximum atomic E-state index is 4.62. The molecule has 1 aliphatic heterocycles. The van der Waals surface area contributed by atoms with Crippen LogP contribution in [0.3, 0.4) is 0 Å². The van der Waals surface area contributed by atoms with Crippen molar-refractivity contribution in [3.63, 3.8) is 0 Å². The summed E-state index contributed by atoms with van der Waals surface area (Å²) in [6, 6.07) is 0. The van der Waals surface area contributed by atoms with E-state index >= 15 is 0 Å². The van der Waals surface area contributed by atoms with E-state index in [1.54, 1.807) is 4.88 Å². The van der Waals surface area contributed by atoms with Crippen LogP contribution >= 0.6 is 11.3 Å². The van der Waals surface area contributed by atoms with Crippen molar-refractivity contribution in [3.8, 4) is 0 Å². The predicted octanol–water partition coefficient (Wildman–Crippen LogP) is 1.70. The van der Waals surface area contributed by atoms with Gasteiger partial charge in [-0.2, -0.15) is 0 Å². The number of aromatic nitrogens is 1. The number of hydrogen-bond acceptors (Lipinski definition) is 3. The van der Waals surface area contributed by atoms with Gasteiger partial charge in [-0.3, -0.25) is 0 Å². The van der Waals surface area contributed by atoms with Gasteiger partial charge in [-0.15, -0.1) is 11.3 Å². The van der Waals surface area contributed by atoms with Crippen LogP contribution in [0.4, 0.5) is 0 Å². The third-order valence-electron chi connectivity index (χ3n) is 3.13. The molecule has 70 valence electrons. The van der Waals surface area contributed by atoms with Crippen LogP contribution in [0.2, 0.25) is 0 Å². The fourth-order valence-electron chi connectivity index (χ4n) is 2.61. The fraction of sp³-hybridized carbons (Fsp3) is 0.700. The van der Waals surface area contributed by atoms with Crippen LogP contribution in [0.5, 0.6) is 0 Å². The molecule has 2 nitrogen and oxygen atoms in total. The number of nitrogens with zero attached hydrogens (tertiary/aromatic N) is 1. The molecule has 0 aromatic carbocycles. The third kappa shape index (κ3) is 1.22. The number of rotatable bonds is 0. The zero-order chi connectivity index (χ0) is 8.84. The molecule has 1 aromatic heterocycles. The Balaban J connectivity index is 2.05. The zero-order valence-corrected chi connectivity index (χ0v) is 8.66. The Bertz CT molecular complexity index is 332. The van der Waals surface area contributed by atoms with Crippen molar-refractivity contribution in [1.29, 1.82) is 0 Å². The first kappa shape index (κ1) is 7.94. The van der Waals surface area contributed by atoms with Crippen LogP contribution < -0.4 is 5.32 Å². The maximum Gasteiger partial charge on any atom is 0.0900 e. The van der Waals surface area contributed by atoms with Crippen LogP contribution in [0.1, 0.15) is 27.9 Å². The molecule has 0 saturated carbocycles. The monoisotopic (exact) mass is 194 g/mol. The molecule has 1 aliphatic carbocycles. The predicted molar refractivity (Wildman–Crippen MR) is 54.3 cm³/mol. The lowest BCUT2D eigenvalue weighted by molar-refractivity contribution is 0.319. The summed E-state index contributed by atoms with van der Waals surface area (Å²) in [6.07, 6.45) is 2.60. The molecular weight excluding hydrogens is 180 g/mol. The molecule has 2 heterocycles. The zero-order valence-electron chi connectivity index (χ0n) is 7.84. The number of hydrogen-bond donors (Lipinski definition) is 1. The molecule has 1 saturated heterocycles. The second-order valence-electron chi connectivity index (χ2n) is 4.20. The summed E-state index contributed by atoms with van der Waals surface area (Å²) >= 11 is 1.91. The lowest BCUT2D eigenvalue weighted by Crippen LogP contribution is -2.38. The van der Waals surface area contributed by atoms with Crippen molar-refractivity contribution in [2.24, 2.45) is 5.92 Å². The highest BCUT2D eigenvalue weighted by atomic mass is 32.1. The van der Waals surface area contributed by atoms with Gasteiger partial charge in [0.2, 0.25) is 0 Å². The van der Waals surface area contributed by atoms with Gasteiger partial charge in [0.15, 0.2) is 0 Å². The van der Waals surface area contributed by atoms with Gasteiger partial charge in [0.25, 0.3) is 0 Å². The quantitative estimate of drug-likeness (QED) is 0.680. The summed E-state index contributed by atoms with van der Waals surface area (Å²) < 4.78 is 0. The minimum absolute atomic E-state index is 0.772. The first-order valence-corrected chi connectivity index (χ1v) is 5.81. The van der Waals surface area contributed by atoms with Crippen molar-refractivity contribution < 1.29 is 0 Å². The van der Waals surface area contributed by atoms with E-state index in [0.717, 1.165) is 11.8 Å². The summed E-state index contributed by atoms with van der Waals surface area (Å²) in [5.41, 5.74) is 1.41. The summed E-state index contributed by atoms with van der Waals surface area (Å²) in [6.45, 7) is 4.50. The van der Waals surface area contributed by atoms with Gasteiger partial charge in [0, 0.05) is 17.3 Å². The topological polar surface area (TPSA) is 24.9 Å². The van der Waals surface area contributed by atoms with Crippen LogP contribution in [-0.2, 0) is 6.42 Å². The van der Waals surface area contributed by atoms with Gasteiger partial charge in [0.05, 0.1) is 10.7 Å². The van der Waals surface area contributed by atoms with Crippen LogP contribution in [0.15, 0.2) is 0 Å². The van der Waals surface area contributed by atoms with Crippen LogP contribution in [-0.4, -0.2) is 18.1 Å². The van der Waals surface area contributed by atoms with Crippen molar-refractivity contribution in [3.05, 3.63) is 15.6 Å². The standard InChI is InChI=1S/C10H14N2S/c1-6-12-9-3-7-2-8(5-11-4-7)10(9)13-6/h7-8,11H,2-5H2,1H3. The molecule has 1 fully saturated rings. The highest BCUT2D eigenvalue weighted by Gasteiger charge is 2.32. The van der Waals surface area contributed by atoms with Gasteiger partial charge in [-0.05, 0) is 32.2 Å². The summed E-state index contributed by atoms with van der Waals surface area (Å²) in [7, 11) is 0. The SMILES string of the molecule is Cc1nc2c(s1)C1CNCC(C2)C1. The normalized spacial score (nSPS) is 31.5. The molecule has 0 amide bonds. The molecule has 2 aliphatic rings. The highest BCUT2D eigenvalue weighted by molar-refractivity contribution is 7.11. The van der Waals surface area contributed by atoms with E-state index in [0.29, 0.717) is 0 Å². The molecular formula is C10H14N2S. The number of piperidine rings is 1. The Kier molecular flexibility index (Phi) is 1.70. The minimum atomic E-state index is 0.772. The molecule has 3 rings (SSSR count). The first-order valence-electron chi connectivity index (χ1n) is 5.00. The molecule has 2 bridgehead atoms. The molecule has 2 atom stereocenters. The molecule has 0 radical (unpaired) electrons.